The highest BCUT2D eigenvalue weighted by Crippen LogP contribution is 2.52. The van der Waals surface area contributed by atoms with Gasteiger partial charge in [0.25, 0.3) is 0 Å². The number of carbonyl (C=O) groups excluding carboxylic acids is 1. The van der Waals surface area contributed by atoms with Crippen molar-refractivity contribution in [3.05, 3.63) is 0 Å². The van der Waals surface area contributed by atoms with Crippen LogP contribution < -0.4 is 11.1 Å². The van der Waals surface area contributed by atoms with Gasteiger partial charge >= 0.3 is 0 Å². The molecule has 0 aromatic carbocycles. The maximum Gasteiger partial charge on any atom is 0.220 e. The van der Waals surface area contributed by atoms with Gasteiger partial charge in [0.15, 0.2) is 0 Å². The minimum atomic E-state index is 0. The topological polar surface area (TPSA) is 64.4 Å². The van der Waals surface area contributed by atoms with Crippen LogP contribution in [0.25, 0.3) is 0 Å². The Balaban J connectivity index is 0.00000200. The molecule has 2 rings (SSSR count). The minimum absolute atomic E-state index is 0. The molecule has 1 aliphatic heterocycles. The number of unbranched alkanes of at least 4 members (excludes halogenated alkanes) is 3. The Morgan fingerprint density at radius 2 is 2.00 bits per heavy atom. The summed E-state index contributed by atoms with van der Waals surface area (Å²) >= 11 is 0. The van der Waals surface area contributed by atoms with Crippen molar-refractivity contribution in [2.45, 2.75) is 64.5 Å². The average molecular weight is 305 g/mol. The molecule has 0 aromatic rings. The van der Waals surface area contributed by atoms with Crippen LogP contribution in [0.5, 0.6) is 0 Å². The van der Waals surface area contributed by atoms with Crippen molar-refractivity contribution in [1.82, 2.24) is 5.32 Å². The van der Waals surface area contributed by atoms with E-state index in [0.29, 0.717) is 24.5 Å². The molecule has 3 N–H and O–H groups in total. The Morgan fingerprint density at radius 3 is 2.70 bits per heavy atom. The molecule has 1 amide bonds. The van der Waals surface area contributed by atoms with Crippen LogP contribution in [0.4, 0.5) is 0 Å². The van der Waals surface area contributed by atoms with Gasteiger partial charge in [-0.15, -0.1) is 12.4 Å². The molecule has 0 spiro atoms. The predicted octanol–water partition coefficient (Wildman–Crippen LogP) is 2.25. The van der Waals surface area contributed by atoms with Crippen LogP contribution in [-0.4, -0.2) is 31.2 Å². The van der Waals surface area contributed by atoms with Crippen molar-refractivity contribution in [3.63, 3.8) is 0 Å². The molecule has 0 bridgehead atoms. The quantitative estimate of drug-likeness (QED) is 0.709. The predicted molar refractivity (Wildman–Crippen MR) is 82.9 cm³/mol. The summed E-state index contributed by atoms with van der Waals surface area (Å²) < 4.78 is 5.74. The summed E-state index contributed by atoms with van der Waals surface area (Å²) in [6, 6.07) is 0.302. The Labute approximate surface area is 128 Å². The van der Waals surface area contributed by atoms with Crippen LogP contribution in [0, 0.1) is 11.3 Å². The molecular formula is C15H29ClN2O2. The van der Waals surface area contributed by atoms with Gasteiger partial charge in [-0.2, -0.15) is 0 Å². The van der Waals surface area contributed by atoms with E-state index in [0.717, 1.165) is 45.3 Å². The van der Waals surface area contributed by atoms with Crippen molar-refractivity contribution in [2.75, 3.05) is 13.2 Å². The zero-order valence-electron chi connectivity index (χ0n) is 12.7. The van der Waals surface area contributed by atoms with E-state index in [9.17, 15) is 4.79 Å². The van der Waals surface area contributed by atoms with E-state index in [2.05, 4.69) is 19.2 Å². The second-order valence-electron chi connectivity index (χ2n) is 6.56. The molecule has 5 heteroatoms. The standard InChI is InChI=1S/C15H28N2O2.ClH/c1-15(2)13(11-8-10-19-14(11)15)17-12(18)7-5-3-4-6-9-16;/h11,13-14H,3-10,16H2,1-2H3,(H,17,18);1H. The molecule has 118 valence electrons. The van der Waals surface area contributed by atoms with Crippen LogP contribution in [0.15, 0.2) is 0 Å². The Hall–Kier alpha value is -0.320. The first-order valence-corrected chi connectivity index (χ1v) is 7.68. The van der Waals surface area contributed by atoms with E-state index in [1.165, 1.54) is 0 Å². The zero-order chi connectivity index (χ0) is 13.9. The van der Waals surface area contributed by atoms with Gasteiger partial charge in [-0.3, -0.25) is 4.79 Å². The summed E-state index contributed by atoms with van der Waals surface area (Å²) in [5.74, 6) is 0.743. The lowest BCUT2D eigenvalue weighted by Crippen LogP contribution is -2.66. The maximum absolute atomic E-state index is 12.0. The van der Waals surface area contributed by atoms with Crippen LogP contribution >= 0.6 is 12.4 Å². The second-order valence-corrected chi connectivity index (χ2v) is 6.56. The van der Waals surface area contributed by atoms with E-state index in [-0.39, 0.29) is 23.7 Å². The van der Waals surface area contributed by atoms with Gasteiger partial charge in [-0.25, -0.2) is 0 Å². The third-order valence-electron chi connectivity index (χ3n) is 4.77. The molecule has 1 saturated carbocycles. The normalized spacial score (nSPS) is 30.1. The van der Waals surface area contributed by atoms with E-state index in [1.807, 2.05) is 0 Å². The molecule has 1 aliphatic carbocycles. The Morgan fingerprint density at radius 1 is 1.30 bits per heavy atom. The molecule has 0 radical (unpaired) electrons. The van der Waals surface area contributed by atoms with Crippen LogP contribution in [0.2, 0.25) is 0 Å². The van der Waals surface area contributed by atoms with Crippen molar-refractivity contribution < 1.29 is 9.53 Å². The number of rotatable bonds is 7. The third-order valence-corrected chi connectivity index (χ3v) is 4.77. The fraction of sp³-hybridized carbons (Fsp3) is 0.933. The third kappa shape index (κ3) is 3.66. The lowest BCUT2D eigenvalue weighted by atomic mass is 9.57. The first-order valence-electron chi connectivity index (χ1n) is 7.68. The van der Waals surface area contributed by atoms with Crippen molar-refractivity contribution in [1.29, 1.82) is 0 Å². The van der Waals surface area contributed by atoms with Gasteiger partial charge < -0.3 is 15.8 Å². The summed E-state index contributed by atoms with van der Waals surface area (Å²) in [6.45, 7) is 6.01. The fourth-order valence-corrected chi connectivity index (χ4v) is 3.65. The number of hydrogen-bond acceptors (Lipinski definition) is 3. The summed E-state index contributed by atoms with van der Waals surface area (Å²) in [4.78, 5) is 12.0. The molecule has 0 aromatic heterocycles. The molecule has 2 aliphatic rings. The number of carbonyl (C=O) groups is 1. The van der Waals surface area contributed by atoms with E-state index in [4.69, 9.17) is 10.5 Å². The summed E-state index contributed by atoms with van der Waals surface area (Å²) in [7, 11) is 0. The first kappa shape index (κ1) is 17.7. The summed E-state index contributed by atoms with van der Waals surface area (Å²) in [5, 5.41) is 3.23. The highest BCUT2D eigenvalue weighted by molar-refractivity contribution is 5.85. The number of hydrogen-bond donors (Lipinski definition) is 2. The van der Waals surface area contributed by atoms with Crippen molar-refractivity contribution in [3.8, 4) is 0 Å². The lowest BCUT2D eigenvalue weighted by molar-refractivity contribution is -0.137. The lowest BCUT2D eigenvalue weighted by Gasteiger charge is -2.54. The van der Waals surface area contributed by atoms with E-state index < -0.39 is 0 Å². The molecule has 20 heavy (non-hydrogen) atoms. The molecule has 1 saturated heterocycles. The summed E-state index contributed by atoms with van der Waals surface area (Å²) in [5.41, 5.74) is 5.54. The van der Waals surface area contributed by atoms with Gasteiger partial charge in [-0.05, 0) is 25.8 Å². The molecule has 1 heterocycles. The monoisotopic (exact) mass is 304 g/mol. The SMILES string of the molecule is CC1(C)C(NC(=O)CCCCCCN)C2CCOC21.Cl. The number of fused-ring (bicyclic) bond motifs is 1. The first-order chi connectivity index (χ1) is 9.07. The summed E-state index contributed by atoms with van der Waals surface area (Å²) in [6.07, 6.45) is 6.38. The van der Waals surface area contributed by atoms with E-state index >= 15 is 0 Å². The molecule has 3 atom stereocenters. The highest BCUT2D eigenvalue weighted by Gasteiger charge is 2.59. The second kappa shape index (κ2) is 7.62. The smallest absolute Gasteiger partial charge is 0.220 e. The van der Waals surface area contributed by atoms with Crippen LogP contribution in [-0.2, 0) is 9.53 Å². The number of nitrogens with one attached hydrogen (secondary N) is 1. The molecule has 4 nitrogen and oxygen atoms in total. The number of nitrogens with two attached hydrogens (primary N) is 1. The van der Waals surface area contributed by atoms with Crippen molar-refractivity contribution in [2.24, 2.45) is 17.1 Å². The van der Waals surface area contributed by atoms with E-state index in [1.54, 1.807) is 0 Å². The minimum Gasteiger partial charge on any atom is -0.377 e. The zero-order valence-corrected chi connectivity index (χ0v) is 13.5. The average Bonchev–Trinajstić information content (AvgIpc) is 2.82. The molecular weight excluding hydrogens is 276 g/mol. The Bertz CT molecular complexity index is 323. The number of amides is 1. The van der Waals surface area contributed by atoms with Crippen LogP contribution in [0.3, 0.4) is 0 Å². The number of halogens is 1. The highest BCUT2D eigenvalue weighted by atomic mass is 35.5. The fourth-order valence-electron chi connectivity index (χ4n) is 3.65. The van der Waals surface area contributed by atoms with Gasteiger partial charge in [-0.1, -0.05) is 26.7 Å². The van der Waals surface area contributed by atoms with Gasteiger partial charge in [0.1, 0.15) is 0 Å². The van der Waals surface area contributed by atoms with Crippen LogP contribution in [0.1, 0.15) is 52.4 Å². The number of ether oxygens (including phenoxy) is 1. The maximum atomic E-state index is 12.0. The van der Waals surface area contributed by atoms with Crippen molar-refractivity contribution >= 4 is 18.3 Å². The van der Waals surface area contributed by atoms with Gasteiger partial charge in [0, 0.05) is 30.4 Å². The molecule has 2 fully saturated rings. The van der Waals surface area contributed by atoms with Gasteiger partial charge in [0.05, 0.1) is 6.10 Å². The Kier molecular flexibility index (Phi) is 6.76. The largest absolute Gasteiger partial charge is 0.377 e. The molecule has 3 unspecified atom stereocenters. The van der Waals surface area contributed by atoms with Gasteiger partial charge in [0.2, 0.25) is 5.91 Å².